The van der Waals surface area contributed by atoms with Crippen LogP contribution in [0.25, 0.3) is 0 Å². The molecule has 2 rings (SSSR count). The molecule has 0 saturated heterocycles. The highest BCUT2D eigenvalue weighted by Crippen LogP contribution is 2.17. The first-order valence-corrected chi connectivity index (χ1v) is 7.83. The molecule has 0 aliphatic rings. The smallest absolute Gasteiger partial charge is 0.319 e. The van der Waals surface area contributed by atoms with E-state index in [1.54, 1.807) is 36.4 Å². The number of ether oxygens (including phenoxy) is 2. The van der Waals surface area contributed by atoms with E-state index in [0.717, 1.165) is 6.42 Å². The van der Waals surface area contributed by atoms with E-state index in [2.05, 4.69) is 10.6 Å². The second kappa shape index (κ2) is 9.39. The lowest BCUT2D eigenvalue weighted by atomic mass is 10.3. The maximum absolute atomic E-state index is 12.8. The number of urea groups is 1. The summed E-state index contributed by atoms with van der Waals surface area (Å²) in [6.45, 7) is 3.29. The van der Waals surface area contributed by atoms with Gasteiger partial charge in [-0.3, -0.25) is 0 Å². The first kappa shape index (κ1) is 17.6. The highest BCUT2D eigenvalue weighted by Gasteiger charge is 2.02. The zero-order valence-corrected chi connectivity index (χ0v) is 13.5. The van der Waals surface area contributed by atoms with Crippen LogP contribution in [0.1, 0.15) is 13.3 Å². The van der Waals surface area contributed by atoms with Gasteiger partial charge in [0.1, 0.15) is 30.5 Å². The summed E-state index contributed by atoms with van der Waals surface area (Å²) < 4.78 is 23.8. The molecule has 0 aliphatic carbocycles. The largest absolute Gasteiger partial charge is 0.490 e. The maximum Gasteiger partial charge on any atom is 0.319 e. The molecule has 2 aromatic rings. The van der Waals surface area contributed by atoms with Crippen molar-refractivity contribution in [3.63, 3.8) is 0 Å². The van der Waals surface area contributed by atoms with Crippen molar-refractivity contribution in [1.29, 1.82) is 0 Å². The normalized spacial score (nSPS) is 10.1. The lowest BCUT2D eigenvalue weighted by Gasteiger charge is -2.10. The number of amides is 2. The molecule has 0 heterocycles. The molecule has 0 spiro atoms. The molecule has 0 bridgehead atoms. The van der Waals surface area contributed by atoms with Crippen LogP contribution in [-0.4, -0.2) is 25.8 Å². The summed E-state index contributed by atoms with van der Waals surface area (Å²) >= 11 is 0. The highest BCUT2D eigenvalue weighted by molar-refractivity contribution is 5.89. The predicted molar refractivity (Wildman–Crippen MR) is 91.1 cm³/mol. The SMILES string of the molecule is CCCNC(=O)Nc1cccc(OCCOc2ccc(F)cc2)c1. The number of anilines is 1. The monoisotopic (exact) mass is 332 g/mol. The Morgan fingerprint density at radius 2 is 1.75 bits per heavy atom. The Balaban J connectivity index is 1.75. The van der Waals surface area contributed by atoms with Crippen molar-refractivity contribution in [2.24, 2.45) is 0 Å². The number of carbonyl (C=O) groups excluding carboxylic acids is 1. The molecule has 24 heavy (non-hydrogen) atoms. The van der Waals surface area contributed by atoms with Crippen molar-refractivity contribution >= 4 is 11.7 Å². The zero-order chi connectivity index (χ0) is 17.2. The summed E-state index contributed by atoms with van der Waals surface area (Å²) in [5, 5.41) is 5.48. The molecule has 0 fully saturated rings. The van der Waals surface area contributed by atoms with E-state index < -0.39 is 0 Å². The van der Waals surface area contributed by atoms with Crippen LogP contribution < -0.4 is 20.1 Å². The summed E-state index contributed by atoms with van der Waals surface area (Å²) in [7, 11) is 0. The summed E-state index contributed by atoms with van der Waals surface area (Å²) in [5.41, 5.74) is 0.653. The van der Waals surface area contributed by atoms with Gasteiger partial charge in [0, 0.05) is 18.3 Å². The maximum atomic E-state index is 12.8. The third-order valence-electron chi connectivity index (χ3n) is 3.06. The fraction of sp³-hybridized carbons (Fsp3) is 0.278. The van der Waals surface area contributed by atoms with E-state index in [9.17, 15) is 9.18 Å². The minimum absolute atomic E-state index is 0.242. The van der Waals surface area contributed by atoms with Gasteiger partial charge in [0.15, 0.2) is 0 Å². The van der Waals surface area contributed by atoms with Crippen molar-refractivity contribution in [3.05, 3.63) is 54.3 Å². The van der Waals surface area contributed by atoms with Gasteiger partial charge in [0.2, 0.25) is 0 Å². The third-order valence-corrected chi connectivity index (χ3v) is 3.06. The van der Waals surface area contributed by atoms with Crippen LogP contribution in [0.4, 0.5) is 14.9 Å². The fourth-order valence-corrected chi connectivity index (χ4v) is 1.93. The molecule has 0 aliphatic heterocycles. The second-order valence-electron chi connectivity index (χ2n) is 5.06. The summed E-state index contributed by atoms with van der Waals surface area (Å²) in [6.07, 6.45) is 0.880. The molecule has 0 atom stereocenters. The molecule has 5 nitrogen and oxygen atoms in total. The Labute approximate surface area is 140 Å². The van der Waals surface area contributed by atoms with Crippen molar-refractivity contribution in [3.8, 4) is 11.5 Å². The van der Waals surface area contributed by atoms with Crippen molar-refractivity contribution in [2.45, 2.75) is 13.3 Å². The number of rotatable bonds is 8. The Hall–Kier alpha value is -2.76. The number of benzene rings is 2. The summed E-state index contributed by atoms with van der Waals surface area (Å²) in [5.74, 6) is 0.917. The summed E-state index contributed by atoms with van der Waals surface area (Å²) in [6, 6.07) is 12.7. The van der Waals surface area contributed by atoms with Crippen molar-refractivity contribution in [2.75, 3.05) is 25.1 Å². The highest BCUT2D eigenvalue weighted by atomic mass is 19.1. The van der Waals surface area contributed by atoms with E-state index in [1.165, 1.54) is 12.1 Å². The molecular formula is C18H21FN2O3. The van der Waals surface area contributed by atoms with Crippen LogP contribution in [0.5, 0.6) is 11.5 Å². The lowest BCUT2D eigenvalue weighted by Crippen LogP contribution is -2.29. The molecule has 0 unspecified atom stereocenters. The van der Waals surface area contributed by atoms with E-state index in [4.69, 9.17) is 9.47 Å². The average molecular weight is 332 g/mol. The molecule has 128 valence electrons. The first-order chi connectivity index (χ1) is 11.7. The van der Waals surface area contributed by atoms with E-state index in [1.807, 2.05) is 6.92 Å². The Bertz CT molecular complexity index is 647. The van der Waals surface area contributed by atoms with Gasteiger partial charge in [-0.1, -0.05) is 13.0 Å². The molecule has 2 N–H and O–H groups in total. The third kappa shape index (κ3) is 6.16. The van der Waals surface area contributed by atoms with Gasteiger partial charge in [-0.2, -0.15) is 0 Å². The van der Waals surface area contributed by atoms with E-state index >= 15 is 0 Å². The summed E-state index contributed by atoms with van der Waals surface area (Å²) in [4.78, 5) is 11.6. The quantitative estimate of drug-likeness (QED) is 0.723. The van der Waals surface area contributed by atoms with Crippen LogP contribution in [0.2, 0.25) is 0 Å². The topological polar surface area (TPSA) is 59.6 Å². The average Bonchev–Trinajstić information content (AvgIpc) is 2.59. The van der Waals surface area contributed by atoms with Gasteiger partial charge in [0.25, 0.3) is 0 Å². The van der Waals surface area contributed by atoms with Gasteiger partial charge in [-0.05, 0) is 42.8 Å². The second-order valence-corrected chi connectivity index (χ2v) is 5.06. The Morgan fingerprint density at radius 3 is 2.46 bits per heavy atom. The Morgan fingerprint density at radius 1 is 1.04 bits per heavy atom. The van der Waals surface area contributed by atoms with Crippen LogP contribution >= 0.6 is 0 Å². The van der Waals surface area contributed by atoms with Gasteiger partial charge in [-0.25, -0.2) is 9.18 Å². The fourth-order valence-electron chi connectivity index (χ4n) is 1.93. The predicted octanol–water partition coefficient (Wildman–Crippen LogP) is 3.82. The van der Waals surface area contributed by atoms with Crippen molar-refractivity contribution in [1.82, 2.24) is 5.32 Å². The molecule has 0 saturated carbocycles. The number of hydrogen-bond acceptors (Lipinski definition) is 3. The van der Waals surface area contributed by atoms with E-state index in [-0.39, 0.29) is 11.8 Å². The number of hydrogen-bond donors (Lipinski definition) is 2. The van der Waals surface area contributed by atoms with Gasteiger partial charge in [0.05, 0.1) is 0 Å². The standard InChI is InChI=1S/C18H21FN2O3/c1-2-10-20-18(22)21-15-4-3-5-17(13-15)24-12-11-23-16-8-6-14(19)7-9-16/h3-9,13H,2,10-12H2,1H3,(H2,20,21,22). The number of halogens is 1. The van der Waals surface area contributed by atoms with E-state index in [0.29, 0.717) is 36.9 Å². The molecular weight excluding hydrogens is 311 g/mol. The Kier molecular flexibility index (Phi) is 6.89. The zero-order valence-electron chi connectivity index (χ0n) is 13.5. The minimum atomic E-state index is -0.300. The lowest BCUT2D eigenvalue weighted by molar-refractivity contribution is 0.217. The first-order valence-electron chi connectivity index (χ1n) is 7.83. The van der Waals surface area contributed by atoms with Crippen LogP contribution in [0, 0.1) is 5.82 Å². The van der Waals surface area contributed by atoms with Crippen LogP contribution in [0.3, 0.4) is 0 Å². The molecule has 6 heteroatoms. The number of carbonyl (C=O) groups is 1. The van der Waals surface area contributed by atoms with Gasteiger partial charge in [-0.15, -0.1) is 0 Å². The minimum Gasteiger partial charge on any atom is -0.490 e. The molecule has 0 radical (unpaired) electrons. The molecule has 2 amide bonds. The number of nitrogens with one attached hydrogen (secondary N) is 2. The molecule has 0 aromatic heterocycles. The van der Waals surface area contributed by atoms with Crippen LogP contribution in [-0.2, 0) is 0 Å². The van der Waals surface area contributed by atoms with Crippen molar-refractivity contribution < 1.29 is 18.7 Å². The van der Waals surface area contributed by atoms with Gasteiger partial charge < -0.3 is 20.1 Å². The van der Waals surface area contributed by atoms with Gasteiger partial charge >= 0.3 is 6.03 Å². The molecule has 2 aromatic carbocycles. The van der Waals surface area contributed by atoms with Crippen LogP contribution in [0.15, 0.2) is 48.5 Å².